The molecule has 96 valence electrons. The number of H-pyrrole nitrogens is 1. The molecule has 1 heterocycles. The minimum absolute atomic E-state index is 0.0356. The van der Waals surface area contributed by atoms with E-state index in [9.17, 15) is 13.2 Å². The Kier molecular flexibility index (Phi) is 4.64. The predicted octanol–water partition coefficient (Wildman–Crippen LogP) is -0.484. The summed E-state index contributed by atoms with van der Waals surface area (Å²) in [6.45, 7) is 2.04. The molecule has 7 nitrogen and oxygen atoms in total. The Bertz CT molecular complexity index is 480. The largest absolute Gasteiger partial charge is 0.370 e. The third-order valence-electron chi connectivity index (χ3n) is 2.12. The number of carbonyl (C=O) groups excluding carboxylic acids is 1. The molecule has 0 unspecified atom stereocenters. The van der Waals surface area contributed by atoms with Crippen LogP contribution in [-0.4, -0.2) is 30.8 Å². The second-order valence-electron chi connectivity index (χ2n) is 3.52. The van der Waals surface area contributed by atoms with Crippen molar-refractivity contribution in [2.75, 3.05) is 6.54 Å². The van der Waals surface area contributed by atoms with Gasteiger partial charge in [0, 0.05) is 19.4 Å². The topological polar surface area (TPSA) is 118 Å². The van der Waals surface area contributed by atoms with E-state index in [1.54, 1.807) is 0 Å². The van der Waals surface area contributed by atoms with Crippen LogP contribution in [0.4, 0.5) is 0 Å². The molecule has 0 aliphatic heterocycles. The van der Waals surface area contributed by atoms with Crippen LogP contribution < -0.4 is 10.5 Å². The van der Waals surface area contributed by atoms with Crippen LogP contribution in [0.1, 0.15) is 25.6 Å². The number of hydrogen-bond acceptors (Lipinski definition) is 4. The van der Waals surface area contributed by atoms with Crippen molar-refractivity contribution in [3.63, 3.8) is 0 Å². The molecule has 0 bridgehead atoms. The molecule has 17 heavy (non-hydrogen) atoms. The number of aromatic nitrogens is 2. The number of nitrogens with one attached hydrogen (secondary N) is 2. The van der Waals surface area contributed by atoms with Gasteiger partial charge in [0.2, 0.25) is 5.91 Å². The van der Waals surface area contributed by atoms with Crippen LogP contribution >= 0.6 is 0 Å². The minimum Gasteiger partial charge on any atom is -0.370 e. The lowest BCUT2D eigenvalue weighted by Crippen LogP contribution is -2.26. The van der Waals surface area contributed by atoms with Crippen molar-refractivity contribution in [3.8, 4) is 0 Å². The number of primary amides is 1. The van der Waals surface area contributed by atoms with Gasteiger partial charge in [-0.15, -0.1) is 0 Å². The normalized spacial score (nSPS) is 11.6. The first-order valence-corrected chi connectivity index (χ1v) is 6.76. The van der Waals surface area contributed by atoms with Crippen molar-refractivity contribution in [2.24, 2.45) is 5.73 Å². The fourth-order valence-electron chi connectivity index (χ4n) is 1.21. The molecule has 0 fully saturated rings. The maximum absolute atomic E-state index is 11.7. The van der Waals surface area contributed by atoms with E-state index >= 15 is 0 Å². The predicted molar refractivity (Wildman–Crippen MR) is 61.6 cm³/mol. The highest BCUT2D eigenvalue weighted by molar-refractivity contribution is 7.89. The fourth-order valence-corrected chi connectivity index (χ4v) is 2.22. The standard InChI is InChI=1S/C9H16N4O3S/c1-2-8-11-6-9(13-8)17(15,16)12-5-3-4-7(10)14/h6,12H,2-5H2,1H3,(H2,10,14)(H,11,13). The van der Waals surface area contributed by atoms with E-state index in [4.69, 9.17) is 5.73 Å². The summed E-state index contributed by atoms with van der Waals surface area (Å²) >= 11 is 0. The molecule has 1 rings (SSSR count). The molecule has 1 aromatic rings. The van der Waals surface area contributed by atoms with Crippen molar-refractivity contribution >= 4 is 15.9 Å². The Morgan fingerprint density at radius 1 is 1.59 bits per heavy atom. The van der Waals surface area contributed by atoms with Gasteiger partial charge >= 0.3 is 0 Å². The molecule has 1 aromatic heterocycles. The zero-order chi connectivity index (χ0) is 12.9. The Balaban J connectivity index is 2.53. The van der Waals surface area contributed by atoms with Crippen molar-refractivity contribution in [1.82, 2.24) is 14.7 Å². The Morgan fingerprint density at radius 3 is 2.82 bits per heavy atom. The zero-order valence-corrected chi connectivity index (χ0v) is 10.4. The van der Waals surface area contributed by atoms with Crippen molar-refractivity contribution in [3.05, 3.63) is 12.0 Å². The minimum atomic E-state index is -3.57. The third-order valence-corrected chi connectivity index (χ3v) is 3.49. The summed E-state index contributed by atoms with van der Waals surface area (Å²) in [7, 11) is -3.57. The van der Waals surface area contributed by atoms with Crippen LogP contribution in [0.15, 0.2) is 11.2 Å². The molecule has 8 heteroatoms. The Morgan fingerprint density at radius 2 is 2.29 bits per heavy atom. The van der Waals surface area contributed by atoms with Crippen molar-refractivity contribution < 1.29 is 13.2 Å². The summed E-state index contributed by atoms with van der Waals surface area (Å²) in [6, 6.07) is 0. The molecule has 0 atom stereocenters. The molecule has 0 radical (unpaired) electrons. The molecule has 1 amide bonds. The zero-order valence-electron chi connectivity index (χ0n) is 9.56. The Hall–Kier alpha value is -1.41. The van der Waals surface area contributed by atoms with E-state index in [0.29, 0.717) is 18.7 Å². The molecule has 0 aliphatic carbocycles. The van der Waals surface area contributed by atoms with Crippen LogP contribution in [-0.2, 0) is 21.2 Å². The summed E-state index contributed by atoms with van der Waals surface area (Å²) in [5, 5.41) is 0.0356. The molecular weight excluding hydrogens is 244 g/mol. The van der Waals surface area contributed by atoms with Gasteiger partial charge in [0.1, 0.15) is 5.82 Å². The van der Waals surface area contributed by atoms with Crippen LogP contribution in [0.5, 0.6) is 0 Å². The average Bonchev–Trinajstić information content (AvgIpc) is 2.73. The second-order valence-corrected chi connectivity index (χ2v) is 5.25. The highest BCUT2D eigenvalue weighted by Gasteiger charge is 2.15. The summed E-state index contributed by atoms with van der Waals surface area (Å²) < 4.78 is 25.8. The molecule has 4 N–H and O–H groups in total. The van der Waals surface area contributed by atoms with Gasteiger partial charge in [0.15, 0.2) is 5.03 Å². The van der Waals surface area contributed by atoms with Gasteiger partial charge < -0.3 is 10.7 Å². The number of imidazole rings is 1. The van der Waals surface area contributed by atoms with Gasteiger partial charge in [0.25, 0.3) is 10.0 Å². The molecule has 0 saturated carbocycles. The van der Waals surface area contributed by atoms with E-state index in [-0.39, 0.29) is 18.0 Å². The van der Waals surface area contributed by atoms with Crippen LogP contribution in [0.25, 0.3) is 0 Å². The Labute approximate surface area is 99.9 Å². The number of rotatable bonds is 7. The highest BCUT2D eigenvalue weighted by atomic mass is 32.2. The summed E-state index contributed by atoms with van der Waals surface area (Å²) in [5.41, 5.74) is 4.94. The van der Waals surface area contributed by atoms with Crippen molar-refractivity contribution in [1.29, 1.82) is 0 Å². The van der Waals surface area contributed by atoms with Gasteiger partial charge in [-0.05, 0) is 6.42 Å². The number of hydrogen-bond donors (Lipinski definition) is 3. The number of aromatic amines is 1. The quantitative estimate of drug-likeness (QED) is 0.573. The number of nitrogens with zero attached hydrogens (tertiary/aromatic N) is 1. The van der Waals surface area contributed by atoms with E-state index in [0.717, 1.165) is 0 Å². The maximum atomic E-state index is 11.7. The third kappa shape index (κ3) is 4.16. The number of sulfonamides is 1. The average molecular weight is 260 g/mol. The lowest BCUT2D eigenvalue weighted by atomic mass is 10.3. The summed E-state index contributed by atoms with van der Waals surface area (Å²) in [4.78, 5) is 17.1. The number of amides is 1. The second kappa shape index (κ2) is 5.78. The molecule has 0 aromatic carbocycles. The lowest BCUT2D eigenvalue weighted by molar-refractivity contribution is -0.118. The van der Waals surface area contributed by atoms with E-state index in [1.807, 2.05) is 6.92 Å². The number of carbonyl (C=O) groups is 1. The highest BCUT2D eigenvalue weighted by Crippen LogP contribution is 2.05. The van der Waals surface area contributed by atoms with Crippen LogP contribution in [0, 0.1) is 0 Å². The molecule has 0 saturated heterocycles. The van der Waals surface area contributed by atoms with Crippen LogP contribution in [0.3, 0.4) is 0 Å². The monoisotopic (exact) mass is 260 g/mol. The number of aryl methyl sites for hydroxylation is 1. The molecule has 0 aliphatic rings. The van der Waals surface area contributed by atoms with E-state index in [2.05, 4.69) is 14.7 Å². The van der Waals surface area contributed by atoms with Gasteiger partial charge in [-0.1, -0.05) is 6.92 Å². The first-order chi connectivity index (χ1) is 7.95. The molecular formula is C9H16N4O3S. The lowest BCUT2D eigenvalue weighted by Gasteiger charge is -2.03. The first-order valence-electron chi connectivity index (χ1n) is 5.27. The smallest absolute Gasteiger partial charge is 0.257 e. The maximum Gasteiger partial charge on any atom is 0.257 e. The molecule has 0 spiro atoms. The van der Waals surface area contributed by atoms with Gasteiger partial charge in [-0.2, -0.15) is 0 Å². The summed E-state index contributed by atoms with van der Waals surface area (Å²) in [5.74, 6) is 0.168. The fraction of sp³-hybridized carbons (Fsp3) is 0.556. The van der Waals surface area contributed by atoms with Gasteiger partial charge in [-0.25, -0.2) is 18.1 Å². The van der Waals surface area contributed by atoms with Gasteiger partial charge in [-0.3, -0.25) is 4.79 Å². The van der Waals surface area contributed by atoms with Crippen LogP contribution in [0.2, 0.25) is 0 Å². The van der Waals surface area contributed by atoms with E-state index < -0.39 is 15.9 Å². The SMILES string of the molecule is CCc1ncc(S(=O)(=O)NCCCC(N)=O)[nH]1. The van der Waals surface area contributed by atoms with E-state index in [1.165, 1.54) is 6.20 Å². The van der Waals surface area contributed by atoms with Crippen molar-refractivity contribution in [2.45, 2.75) is 31.2 Å². The van der Waals surface area contributed by atoms with Gasteiger partial charge in [0.05, 0.1) is 6.20 Å². The number of nitrogens with two attached hydrogens (primary N) is 1. The first kappa shape index (κ1) is 13.7. The summed E-state index contributed by atoms with van der Waals surface area (Å²) in [6.07, 6.45) is 2.45.